The van der Waals surface area contributed by atoms with Crippen LogP contribution < -0.4 is 5.73 Å². The maximum atomic E-state index is 11.4. The van der Waals surface area contributed by atoms with Crippen molar-refractivity contribution in [1.29, 1.82) is 5.26 Å². The number of likely N-dealkylation sites (tertiary alicyclic amines) is 1. The predicted molar refractivity (Wildman–Crippen MR) is 70.0 cm³/mol. The molecule has 1 fully saturated rings. The van der Waals surface area contributed by atoms with Crippen LogP contribution in [0.2, 0.25) is 0 Å². The van der Waals surface area contributed by atoms with Gasteiger partial charge in [-0.05, 0) is 24.1 Å². The molecule has 2 rings (SSSR count). The number of hydrogen-bond donors (Lipinski definition) is 1. The van der Waals surface area contributed by atoms with E-state index >= 15 is 0 Å². The highest BCUT2D eigenvalue weighted by Gasteiger charge is 2.35. The Bertz CT molecular complexity index is 492. The largest absolute Gasteiger partial charge is 0.380 e. The fourth-order valence-corrected chi connectivity index (χ4v) is 2.42. The fourth-order valence-electron chi connectivity index (χ4n) is 2.42. The summed E-state index contributed by atoms with van der Waals surface area (Å²) < 4.78 is 5.30. The van der Waals surface area contributed by atoms with Gasteiger partial charge in [-0.1, -0.05) is 12.1 Å². The Hall–Kier alpha value is -1.90. The summed E-state index contributed by atoms with van der Waals surface area (Å²) in [6.45, 7) is 1.34. The maximum absolute atomic E-state index is 11.4. The Labute approximate surface area is 112 Å². The number of ether oxygens (including phenoxy) is 1. The van der Waals surface area contributed by atoms with E-state index in [0.29, 0.717) is 25.1 Å². The molecule has 1 aliphatic rings. The number of primary amides is 1. The van der Waals surface area contributed by atoms with Gasteiger partial charge in [0.2, 0.25) is 5.91 Å². The van der Waals surface area contributed by atoms with E-state index in [-0.39, 0.29) is 18.1 Å². The third-order valence-corrected chi connectivity index (χ3v) is 3.50. The minimum atomic E-state index is -0.312. The zero-order chi connectivity index (χ0) is 13.8. The summed E-state index contributed by atoms with van der Waals surface area (Å²) in [5.74, 6) is -0.312. The van der Waals surface area contributed by atoms with E-state index in [2.05, 4.69) is 6.07 Å². The molecule has 0 saturated carbocycles. The summed E-state index contributed by atoms with van der Waals surface area (Å²) in [7, 11) is 1.65. The Morgan fingerprint density at radius 3 is 2.74 bits per heavy atom. The van der Waals surface area contributed by atoms with Crippen LogP contribution in [0.15, 0.2) is 24.3 Å². The molecule has 5 nitrogen and oxygen atoms in total. The molecule has 1 heterocycles. The maximum Gasteiger partial charge on any atom is 0.234 e. The molecule has 1 amide bonds. The summed E-state index contributed by atoms with van der Waals surface area (Å²) in [5.41, 5.74) is 7.11. The lowest BCUT2D eigenvalue weighted by molar-refractivity contribution is -0.122. The Morgan fingerprint density at radius 2 is 2.21 bits per heavy atom. The predicted octanol–water partition coefficient (Wildman–Crippen LogP) is 0.633. The highest BCUT2D eigenvalue weighted by molar-refractivity contribution is 5.80. The van der Waals surface area contributed by atoms with Crippen LogP contribution in [0.5, 0.6) is 0 Å². The number of benzene rings is 1. The molecule has 0 spiro atoms. The molecule has 5 heteroatoms. The van der Waals surface area contributed by atoms with Gasteiger partial charge in [-0.2, -0.15) is 5.26 Å². The van der Waals surface area contributed by atoms with Gasteiger partial charge in [0.15, 0.2) is 0 Å². The standard InChI is InChI=1S/C14H17N3O2/c1-19-12-6-13(14(16)18)17(9-12)8-11-4-2-10(7-15)3-5-11/h2-5,12-13H,6,8-9H2,1H3,(H2,16,18)/t12-,13-/m0/s1. The van der Waals surface area contributed by atoms with Crippen molar-refractivity contribution in [2.24, 2.45) is 5.73 Å². The second-order valence-corrected chi connectivity index (χ2v) is 4.75. The minimum absolute atomic E-state index is 0.0517. The molecule has 1 aliphatic heterocycles. The number of methoxy groups -OCH3 is 1. The van der Waals surface area contributed by atoms with Crippen LogP contribution in [-0.4, -0.2) is 36.6 Å². The molecule has 2 N–H and O–H groups in total. The van der Waals surface area contributed by atoms with Gasteiger partial charge in [0, 0.05) is 20.2 Å². The topological polar surface area (TPSA) is 79.3 Å². The van der Waals surface area contributed by atoms with E-state index in [4.69, 9.17) is 15.7 Å². The second-order valence-electron chi connectivity index (χ2n) is 4.75. The number of carbonyl (C=O) groups is 1. The molecule has 1 aromatic carbocycles. The van der Waals surface area contributed by atoms with E-state index in [1.807, 2.05) is 17.0 Å². The van der Waals surface area contributed by atoms with Gasteiger partial charge in [-0.25, -0.2) is 0 Å². The van der Waals surface area contributed by atoms with Gasteiger partial charge in [0.05, 0.1) is 23.8 Å². The highest BCUT2D eigenvalue weighted by Crippen LogP contribution is 2.22. The first kappa shape index (κ1) is 13.5. The van der Waals surface area contributed by atoms with Crippen LogP contribution in [0.3, 0.4) is 0 Å². The summed E-state index contributed by atoms with van der Waals surface area (Å²) in [5, 5.41) is 8.76. The van der Waals surface area contributed by atoms with Crippen molar-refractivity contribution >= 4 is 5.91 Å². The molecule has 19 heavy (non-hydrogen) atoms. The average molecular weight is 259 g/mol. The second kappa shape index (κ2) is 5.83. The number of nitrogens with two attached hydrogens (primary N) is 1. The normalized spacial score (nSPS) is 23.2. The molecule has 0 unspecified atom stereocenters. The molecule has 0 aliphatic carbocycles. The third-order valence-electron chi connectivity index (χ3n) is 3.50. The molecular formula is C14H17N3O2. The van der Waals surface area contributed by atoms with E-state index in [0.717, 1.165) is 5.56 Å². The van der Waals surface area contributed by atoms with E-state index < -0.39 is 0 Å². The summed E-state index contributed by atoms with van der Waals surface area (Å²) >= 11 is 0. The smallest absolute Gasteiger partial charge is 0.234 e. The van der Waals surface area contributed by atoms with Crippen molar-refractivity contribution in [3.8, 4) is 6.07 Å². The van der Waals surface area contributed by atoms with Gasteiger partial charge in [0.1, 0.15) is 0 Å². The third kappa shape index (κ3) is 3.11. The lowest BCUT2D eigenvalue weighted by Gasteiger charge is -2.21. The zero-order valence-electron chi connectivity index (χ0n) is 10.9. The van der Waals surface area contributed by atoms with Crippen molar-refractivity contribution in [3.05, 3.63) is 35.4 Å². The van der Waals surface area contributed by atoms with Crippen LogP contribution in [0.25, 0.3) is 0 Å². The Kier molecular flexibility index (Phi) is 4.15. The quantitative estimate of drug-likeness (QED) is 0.860. The number of nitrogens with zero attached hydrogens (tertiary/aromatic N) is 2. The van der Waals surface area contributed by atoms with Crippen LogP contribution in [-0.2, 0) is 16.1 Å². The first-order valence-electron chi connectivity index (χ1n) is 6.19. The van der Waals surface area contributed by atoms with Gasteiger partial charge in [-0.15, -0.1) is 0 Å². The van der Waals surface area contributed by atoms with Gasteiger partial charge < -0.3 is 10.5 Å². The molecule has 1 aromatic rings. The Morgan fingerprint density at radius 1 is 1.53 bits per heavy atom. The van der Waals surface area contributed by atoms with Crippen LogP contribution in [0, 0.1) is 11.3 Å². The zero-order valence-corrected chi connectivity index (χ0v) is 10.9. The molecule has 0 aromatic heterocycles. The van der Waals surface area contributed by atoms with Crippen molar-refractivity contribution < 1.29 is 9.53 Å². The average Bonchev–Trinajstić information content (AvgIpc) is 2.83. The molecular weight excluding hydrogens is 242 g/mol. The van der Waals surface area contributed by atoms with Gasteiger partial charge in [0.25, 0.3) is 0 Å². The van der Waals surface area contributed by atoms with Crippen molar-refractivity contribution in [2.75, 3.05) is 13.7 Å². The lowest BCUT2D eigenvalue weighted by atomic mass is 10.1. The SMILES string of the molecule is CO[C@H]1C[C@@H](C(N)=O)N(Cc2ccc(C#N)cc2)C1. The van der Waals surface area contributed by atoms with E-state index in [1.165, 1.54) is 0 Å². The first-order valence-corrected chi connectivity index (χ1v) is 6.19. The van der Waals surface area contributed by atoms with Crippen LogP contribution in [0.1, 0.15) is 17.5 Å². The number of hydrogen-bond acceptors (Lipinski definition) is 4. The molecule has 100 valence electrons. The fraction of sp³-hybridized carbons (Fsp3) is 0.429. The molecule has 1 saturated heterocycles. The molecule has 0 radical (unpaired) electrons. The Balaban J connectivity index is 2.07. The number of amides is 1. The summed E-state index contributed by atoms with van der Waals surface area (Å²) in [6, 6.07) is 9.16. The number of nitriles is 1. The first-order chi connectivity index (χ1) is 9.13. The van der Waals surface area contributed by atoms with E-state index in [9.17, 15) is 4.79 Å². The van der Waals surface area contributed by atoms with Crippen molar-refractivity contribution in [1.82, 2.24) is 4.90 Å². The van der Waals surface area contributed by atoms with Crippen molar-refractivity contribution in [3.63, 3.8) is 0 Å². The van der Waals surface area contributed by atoms with Gasteiger partial charge >= 0.3 is 0 Å². The summed E-state index contributed by atoms with van der Waals surface area (Å²) in [4.78, 5) is 13.5. The monoisotopic (exact) mass is 259 g/mol. The number of carbonyl (C=O) groups excluding carboxylic acids is 1. The lowest BCUT2D eigenvalue weighted by Crippen LogP contribution is -2.39. The van der Waals surface area contributed by atoms with Gasteiger partial charge in [-0.3, -0.25) is 9.69 Å². The number of rotatable bonds is 4. The minimum Gasteiger partial charge on any atom is -0.380 e. The molecule has 0 bridgehead atoms. The highest BCUT2D eigenvalue weighted by atomic mass is 16.5. The van der Waals surface area contributed by atoms with Crippen LogP contribution >= 0.6 is 0 Å². The summed E-state index contributed by atoms with van der Waals surface area (Å²) in [6.07, 6.45) is 0.693. The van der Waals surface area contributed by atoms with Crippen LogP contribution in [0.4, 0.5) is 0 Å². The van der Waals surface area contributed by atoms with E-state index in [1.54, 1.807) is 19.2 Å². The molecule has 2 atom stereocenters. The van der Waals surface area contributed by atoms with Crippen molar-refractivity contribution in [2.45, 2.75) is 25.1 Å².